The average Bonchev–Trinajstić information content (AvgIpc) is 2.35. The lowest BCUT2D eigenvalue weighted by molar-refractivity contribution is 0.485. The third kappa shape index (κ3) is 3.02. The highest BCUT2D eigenvalue weighted by atomic mass is 79.9. The second-order valence-corrected chi connectivity index (χ2v) is 4.68. The molecule has 18 heavy (non-hydrogen) atoms. The number of nitriles is 1. The number of hydrogen-bond acceptors (Lipinski definition) is 3. The number of rotatable bonds is 3. The van der Waals surface area contributed by atoms with Crippen molar-refractivity contribution in [2.45, 2.75) is 6.42 Å². The molecule has 2 rings (SSSR count). The Labute approximate surface area is 114 Å². The summed E-state index contributed by atoms with van der Waals surface area (Å²) in [5.74, 6) is 1.32. The molecule has 2 aromatic carbocycles. The quantitative estimate of drug-likeness (QED) is 0.875. The Balaban J connectivity index is 2.16. The van der Waals surface area contributed by atoms with Crippen LogP contribution in [0.3, 0.4) is 0 Å². The van der Waals surface area contributed by atoms with E-state index in [-0.39, 0.29) is 0 Å². The van der Waals surface area contributed by atoms with Gasteiger partial charge in [-0.3, -0.25) is 0 Å². The van der Waals surface area contributed by atoms with Crippen LogP contribution < -0.4 is 10.5 Å². The van der Waals surface area contributed by atoms with E-state index >= 15 is 0 Å². The van der Waals surface area contributed by atoms with E-state index in [1.165, 1.54) is 0 Å². The van der Waals surface area contributed by atoms with Crippen LogP contribution in [-0.4, -0.2) is 0 Å². The topological polar surface area (TPSA) is 59.0 Å². The average molecular weight is 303 g/mol. The number of halogens is 1. The van der Waals surface area contributed by atoms with Crippen LogP contribution in [0.25, 0.3) is 0 Å². The molecule has 0 fully saturated rings. The molecule has 4 heteroatoms. The molecule has 0 bridgehead atoms. The number of ether oxygens (including phenoxy) is 1. The number of benzene rings is 2. The molecule has 0 amide bonds. The summed E-state index contributed by atoms with van der Waals surface area (Å²) in [5, 5.41) is 8.58. The Morgan fingerprint density at radius 3 is 2.50 bits per heavy atom. The second-order valence-electron chi connectivity index (χ2n) is 3.76. The molecule has 0 saturated heterocycles. The predicted molar refractivity (Wildman–Crippen MR) is 74.4 cm³/mol. The fourth-order valence-corrected chi connectivity index (χ4v) is 1.88. The van der Waals surface area contributed by atoms with Crippen LogP contribution in [0.2, 0.25) is 0 Å². The number of hydrogen-bond donors (Lipinski definition) is 1. The molecular weight excluding hydrogens is 292 g/mol. The summed E-state index contributed by atoms with van der Waals surface area (Å²) in [6.45, 7) is 0. The molecule has 0 saturated carbocycles. The van der Waals surface area contributed by atoms with Crippen LogP contribution in [-0.2, 0) is 6.42 Å². The molecule has 0 radical (unpaired) electrons. The lowest BCUT2D eigenvalue weighted by Crippen LogP contribution is -1.92. The minimum Gasteiger partial charge on any atom is -0.455 e. The van der Waals surface area contributed by atoms with E-state index in [4.69, 9.17) is 15.7 Å². The lowest BCUT2D eigenvalue weighted by Gasteiger charge is -2.08. The van der Waals surface area contributed by atoms with Crippen molar-refractivity contribution in [3.63, 3.8) is 0 Å². The first-order valence-corrected chi connectivity index (χ1v) is 6.17. The van der Waals surface area contributed by atoms with Crippen molar-refractivity contribution in [1.29, 1.82) is 5.26 Å². The van der Waals surface area contributed by atoms with E-state index in [1.807, 2.05) is 36.4 Å². The maximum atomic E-state index is 8.58. The van der Waals surface area contributed by atoms with Crippen LogP contribution in [0.1, 0.15) is 5.56 Å². The van der Waals surface area contributed by atoms with Gasteiger partial charge in [0.05, 0.1) is 18.2 Å². The molecule has 0 heterocycles. The van der Waals surface area contributed by atoms with Gasteiger partial charge in [-0.1, -0.05) is 28.1 Å². The van der Waals surface area contributed by atoms with Crippen molar-refractivity contribution < 1.29 is 4.74 Å². The fourth-order valence-electron chi connectivity index (χ4n) is 1.51. The molecule has 0 aliphatic heterocycles. The standard InChI is InChI=1S/C14H11BrN2O/c15-11-3-6-14(13(17)9-11)18-12-4-1-10(2-5-12)7-8-16/h1-6,9H,7,17H2. The largest absolute Gasteiger partial charge is 0.455 e. The van der Waals surface area contributed by atoms with E-state index in [0.717, 1.165) is 10.0 Å². The highest BCUT2D eigenvalue weighted by Crippen LogP contribution is 2.29. The van der Waals surface area contributed by atoms with Gasteiger partial charge < -0.3 is 10.5 Å². The van der Waals surface area contributed by atoms with Gasteiger partial charge in [0.15, 0.2) is 0 Å². The Morgan fingerprint density at radius 1 is 1.17 bits per heavy atom. The number of nitrogens with two attached hydrogens (primary N) is 1. The first-order valence-electron chi connectivity index (χ1n) is 5.38. The Morgan fingerprint density at radius 2 is 1.89 bits per heavy atom. The molecule has 3 nitrogen and oxygen atoms in total. The monoisotopic (exact) mass is 302 g/mol. The van der Waals surface area contributed by atoms with Gasteiger partial charge in [0, 0.05) is 4.47 Å². The van der Waals surface area contributed by atoms with Gasteiger partial charge in [-0.25, -0.2) is 0 Å². The first kappa shape index (κ1) is 12.5. The normalized spacial score (nSPS) is 9.78. The Hall–Kier alpha value is -1.99. The van der Waals surface area contributed by atoms with Crippen molar-refractivity contribution in [2.24, 2.45) is 0 Å². The molecule has 2 N–H and O–H groups in total. The SMILES string of the molecule is N#CCc1ccc(Oc2ccc(Br)cc2N)cc1. The number of nitrogen functional groups attached to an aromatic ring is 1. The molecular formula is C14H11BrN2O. The van der Waals surface area contributed by atoms with Crippen LogP contribution in [0.4, 0.5) is 5.69 Å². The van der Waals surface area contributed by atoms with Crippen LogP contribution in [0.15, 0.2) is 46.9 Å². The molecule has 0 unspecified atom stereocenters. The van der Waals surface area contributed by atoms with Crippen molar-refractivity contribution in [1.82, 2.24) is 0 Å². The van der Waals surface area contributed by atoms with Crippen molar-refractivity contribution in [3.05, 3.63) is 52.5 Å². The molecule has 0 atom stereocenters. The summed E-state index contributed by atoms with van der Waals surface area (Å²) in [6.07, 6.45) is 0.403. The predicted octanol–water partition coefficient (Wildman–Crippen LogP) is 3.89. The zero-order valence-corrected chi connectivity index (χ0v) is 11.1. The molecule has 0 spiro atoms. The Kier molecular flexibility index (Phi) is 3.85. The molecule has 0 aromatic heterocycles. The van der Waals surface area contributed by atoms with Crippen molar-refractivity contribution in [2.75, 3.05) is 5.73 Å². The van der Waals surface area contributed by atoms with Gasteiger partial charge in [0.25, 0.3) is 0 Å². The minimum absolute atomic E-state index is 0.403. The summed E-state index contributed by atoms with van der Waals surface area (Å²) in [4.78, 5) is 0. The summed E-state index contributed by atoms with van der Waals surface area (Å²) in [7, 11) is 0. The number of anilines is 1. The van der Waals surface area contributed by atoms with E-state index < -0.39 is 0 Å². The summed E-state index contributed by atoms with van der Waals surface area (Å²) < 4.78 is 6.58. The van der Waals surface area contributed by atoms with Crippen LogP contribution in [0.5, 0.6) is 11.5 Å². The third-order valence-electron chi connectivity index (χ3n) is 2.41. The highest BCUT2D eigenvalue weighted by Gasteiger charge is 2.02. The van der Waals surface area contributed by atoms with Gasteiger partial charge in [-0.15, -0.1) is 0 Å². The van der Waals surface area contributed by atoms with Crippen molar-refractivity contribution in [3.8, 4) is 17.6 Å². The molecule has 0 aliphatic carbocycles. The maximum Gasteiger partial charge on any atom is 0.150 e. The van der Waals surface area contributed by atoms with Gasteiger partial charge in [0.1, 0.15) is 11.5 Å². The van der Waals surface area contributed by atoms with Gasteiger partial charge >= 0.3 is 0 Å². The summed E-state index contributed by atoms with van der Waals surface area (Å²) >= 11 is 3.34. The van der Waals surface area contributed by atoms with Gasteiger partial charge in [-0.2, -0.15) is 5.26 Å². The van der Waals surface area contributed by atoms with E-state index in [0.29, 0.717) is 23.6 Å². The molecule has 90 valence electrons. The lowest BCUT2D eigenvalue weighted by atomic mass is 10.2. The summed E-state index contributed by atoms with van der Waals surface area (Å²) in [6, 6.07) is 15.0. The smallest absolute Gasteiger partial charge is 0.150 e. The van der Waals surface area contributed by atoms with Gasteiger partial charge in [-0.05, 0) is 35.9 Å². The first-order chi connectivity index (χ1) is 8.69. The molecule has 2 aromatic rings. The van der Waals surface area contributed by atoms with E-state index in [2.05, 4.69) is 22.0 Å². The zero-order valence-electron chi connectivity index (χ0n) is 9.56. The molecule has 0 aliphatic rings. The minimum atomic E-state index is 0.403. The van der Waals surface area contributed by atoms with Crippen LogP contribution in [0, 0.1) is 11.3 Å². The Bertz CT molecular complexity index is 588. The number of nitrogens with zero attached hydrogens (tertiary/aromatic N) is 1. The highest BCUT2D eigenvalue weighted by molar-refractivity contribution is 9.10. The third-order valence-corrected chi connectivity index (χ3v) is 2.90. The maximum absolute atomic E-state index is 8.58. The summed E-state index contributed by atoms with van der Waals surface area (Å²) in [5.41, 5.74) is 7.39. The second kappa shape index (κ2) is 5.56. The van der Waals surface area contributed by atoms with Crippen molar-refractivity contribution >= 4 is 21.6 Å². The van der Waals surface area contributed by atoms with E-state index in [9.17, 15) is 0 Å². The van der Waals surface area contributed by atoms with Gasteiger partial charge in [0.2, 0.25) is 0 Å². The zero-order chi connectivity index (χ0) is 13.0. The van der Waals surface area contributed by atoms with E-state index in [1.54, 1.807) is 6.07 Å². The fraction of sp³-hybridized carbons (Fsp3) is 0.0714. The van der Waals surface area contributed by atoms with Crippen LogP contribution >= 0.6 is 15.9 Å².